The number of fused-ring (bicyclic) bond motifs is 1. The predicted octanol–water partition coefficient (Wildman–Crippen LogP) is 4.93. The second-order valence-electron chi connectivity index (χ2n) is 7.13. The van der Waals surface area contributed by atoms with Gasteiger partial charge in [-0.2, -0.15) is 0 Å². The fraction of sp³-hybridized carbons (Fsp3) is 0.167. The molecule has 0 aliphatic rings. The Labute approximate surface area is 170 Å². The third-order valence-electron chi connectivity index (χ3n) is 5.30. The van der Waals surface area contributed by atoms with E-state index in [0.717, 1.165) is 27.8 Å². The van der Waals surface area contributed by atoms with E-state index in [-0.39, 0.29) is 12.1 Å². The molecule has 3 aromatic carbocycles. The monoisotopic (exact) mass is 384 g/mol. The van der Waals surface area contributed by atoms with E-state index in [2.05, 4.69) is 45.2 Å². The van der Waals surface area contributed by atoms with E-state index in [0.29, 0.717) is 6.54 Å². The van der Waals surface area contributed by atoms with Gasteiger partial charge >= 0.3 is 6.03 Å². The van der Waals surface area contributed by atoms with Gasteiger partial charge in [-0.25, -0.2) is 9.78 Å². The molecule has 5 heteroatoms. The SMILES string of the molecule is C[C@@H](c1ccc(-n2cnc3ccccc32)cc1)N(C)C(=O)NCc1ccccc1. The summed E-state index contributed by atoms with van der Waals surface area (Å²) in [6.45, 7) is 2.55. The zero-order valence-electron chi connectivity index (χ0n) is 16.6. The van der Waals surface area contributed by atoms with Crippen LogP contribution in [-0.4, -0.2) is 27.5 Å². The number of nitrogens with zero attached hydrogens (tertiary/aromatic N) is 3. The standard InChI is InChI=1S/C24H24N4O/c1-18(27(2)24(29)25-16-19-8-4-3-5-9-19)20-12-14-21(15-13-20)28-17-26-22-10-6-7-11-23(22)28/h3-15,17-18H,16H2,1-2H3,(H,25,29)/t18-/m0/s1. The highest BCUT2D eigenvalue weighted by molar-refractivity contribution is 5.77. The van der Waals surface area contributed by atoms with Gasteiger partial charge in [0, 0.05) is 19.3 Å². The van der Waals surface area contributed by atoms with Crippen LogP contribution < -0.4 is 5.32 Å². The summed E-state index contributed by atoms with van der Waals surface area (Å²) in [5.74, 6) is 0. The van der Waals surface area contributed by atoms with E-state index in [4.69, 9.17) is 0 Å². The van der Waals surface area contributed by atoms with Crippen LogP contribution in [0.3, 0.4) is 0 Å². The average molecular weight is 384 g/mol. The summed E-state index contributed by atoms with van der Waals surface area (Å²) in [5, 5.41) is 2.98. The Bertz CT molecular complexity index is 1100. The number of rotatable bonds is 5. The number of hydrogen-bond acceptors (Lipinski definition) is 2. The predicted molar refractivity (Wildman–Crippen MR) is 116 cm³/mol. The number of urea groups is 1. The number of nitrogens with one attached hydrogen (secondary N) is 1. The van der Waals surface area contributed by atoms with Crippen LogP contribution in [0.2, 0.25) is 0 Å². The first-order valence-electron chi connectivity index (χ1n) is 9.70. The van der Waals surface area contributed by atoms with E-state index in [1.165, 1.54) is 0 Å². The van der Waals surface area contributed by atoms with Crippen molar-refractivity contribution in [1.29, 1.82) is 0 Å². The highest BCUT2D eigenvalue weighted by atomic mass is 16.2. The Kier molecular flexibility index (Phi) is 5.29. The van der Waals surface area contributed by atoms with E-state index >= 15 is 0 Å². The van der Waals surface area contributed by atoms with Crippen LogP contribution in [0.15, 0.2) is 85.2 Å². The second-order valence-corrected chi connectivity index (χ2v) is 7.13. The molecule has 0 fully saturated rings. The maximum Gasteiger partial charge on any atom is 0.317 e. The van der Waals surface area contributed by atoms with Crippen molar-refractivity contribution in [3.63, 3.8) is 0 Å². The third kappa shape index (κ3) is 3.99. The molecule has 0 radical (unpaired) electrons. The summed E-state index contributed by atoms with van der Waals surface area (Å²) in [4.78, 5) is 18.7. The lowest BCUT2D eigenvalue weighted by atomic mass is 10.1. The van der Waals surface area contributed by atoms with Crippen molar-refractivity contribution < 1.29 is 4.79 Å². The quantitative estimate of drug-likeness (QED) is 0.530. The fourth-order valence-corrected chi connectivity index (χ4v) is 3.38. The van der Waals surface area contributed by atoms with Gasteiger partial charge in [0.15, 0.2) is 0 Å². The molecule has 146 valence electrons. The van der Waals surface area contributed by atoms with E-state index in [1.807, 2.05) is 68.8 Å². The Morgan fingerprint density at radius 3 is 2.45 bits per heavy atom. The van der Waals surface area contributed by atoms with Crippen LogP contribution >= 0.6 is 0 Å². The van der Waals surface area contributed by atoms with Gasteiger partial charge in [0.25, 0.3) is 0 Å². The zero-order valence-corrected chi connectivity index (χ0v) is 16.6. The van der Waals surface area contributed by atoms with E-state index < -0.39 is 0 Å². The largest absolute Gasteiger partial charge is 0.334 e. The van der Waals surface area contributed by atoms with Crippen LogP contribution in [0.5, 0.6) is 0 Å². The molecular weight excluding hydrogens is 360 g/mol. The van der Waals surface area contributed by atoms with Gasteiger partial charge in [0.2, 0.25) is 0 Å². The van der Waals surface area contributed by atoms with Crippen molar-refractivity contribution in [1.82, 2.24) is 19.8 Å². The van der Waals surface area contributed by atoms with Gasteiger partial charge in [-0.1, -0.05) is 54.6 Å². The normalized spacial score (nSPS) is 11.9. The lowest BCUT2D eigenvalue weighted by Crippen LogP contribution is -2.38. The van der Waals surface area contributed by atoms with Gasteiger partial charge in [-0.05, 0) is 42.3 Å². The topological polar surface area (TPSA) is 50.2 Å². The van der Waals surface area contributed by atoms with Gasteiger partial charge in [-0.3, -0.25) is 4.57 Å². The Morgan fingerprint density at radius 2 is 1.69 bits per heavy atom. The van der Waals surface area contributed by atoms with Crippen molar-refractivity contribution in [2.75, 3.05) is 7.05 Å². The van der Waals surface area contributed by atoms with Crippen LogP contribution in [-0.2, 0) is 6.54 Å². The van der Waals surface area contributed by atoms with Crippen LogP contribution in [0.1, 0.15) is 24.1 Å². The molecule has 0 saturated carbocycles. The minimum absolute atomic E-state index is 0.0423. The van der Waals surface area contributed by atoms with Crippen molar-refractivity contribution in [3.05, 3.63) is 96.3 Å². The summed E-state index contributed by atoms with van der Waals surface area (Å²) >= 11 is 0. The number of amides is 2. The number of aromatic nitrogens is 2. The lowest BCUT2D eigenvalue weighted by Gasteiger charge is -2.26. The minimum atomic E-state index is -0.0916. The molecule has 0 saturated heterocycles. The van der Waals surface area contributed by atoms with Crippen molar-refractivity contribution in [2.24, 2.45) is 0 Å². The highest BCUT2D eigenvalue weighted by Gasteiger charge is 2.17. The van der Waals surface area contributed by atoms with Crippen LogP contribution in [0.25, 0.3) is 16.7 Å². The zero-order chi connectivity index (χ0) is 20.2. The minimum Gasteiger partial charge on any atom is -0.334 e. The van der Waals surface area contributed by atoms with Crippen molar-refractivity contribution >= 4 is 17.1 Å². The number of carbonyl (C=O) groups excluding carboxylic acids is 1. The first-order chi connectivity index (χ1) is 14.1. The van der Waals surface area contributed by atoms with E-state index in [1.54, 1.807) is 4.90 Å². The van der Waals surface area contributed by atoms with E-state index in [9.17, 15) is 4.79 Å². The molecule has 0 bridgehead atoms. The Hall–Kier alpha value is -3.60. The molecule has 4 rings (SSSR count). The van der Waals surface area contributed by atoms with Gasteiger partial charge in [0.1, 0.15) is 6.33 Å². The fourth-order valence-electron chi connectivity index (χ4n) is 3.38. The maximum absolute atomic E-state index is 12.5. The first kappa shape index (κ1) is 18.7. The van der Waals surface area contributed by atoms with Crippen molar-refractivity contribution in [3.8, 4) is 5.69 Å². The average Bonchev–Trinajstić information content (AvgIpc) is 3.21. The lowest BCUT2D eigenvalue weighted by molar-refractivity contribution is 0.194. The molecular formula is C24H24N4O. The first-order valence-corrected chi connectivity index (χ1v) is 9.70. The molecule has 0 spiro atoms. The van der Waals surface area contributed by atoms with Crippen molar-refractivity contribution in [2.45, 2.75) is 19.5 Å². The number of hydrogen-bond donors (Lipinski definition) is 1. The van der Waals surface area contributed by atoms with Gasteiger partial charge < -0.3 is 10.2 Å². The number of para-hydroxylation sites is 2. The summed E-state index contributed by atoms with van der Waals surface area (Å²) in [7, 11) is 1.82. The molecule has 0 aliphatic heterocycles. The molecule has 1 N–H and O–H groups in total. The molecule has 4 aromatic rings. The Morgan fingerprint density at radius 1 is 1.00 bits per heavy atom. The number of benzene rings is 3. The summed E-state index contributed by atoms with van der Waals surface area (Å²) < 4.78 is 2.07. The molecule has 29 heavy (non-hydrogen) atoms. The third-order valence-corrected chi connectivity index (χ3v) is 5.30. The summed E-state index contributed by atoms with van der Waals surface area (Å²) in [6, 6.07) is 26.1. The molecule has 1 heterocycles. The Balaban J connectivity index is 1.44. The maximum atomic E-state index is 12.5. The van der Waals surface area contributed by atoms with Gasteiger partial charge in [0.05, 0.1) is 17.1 Å². The highest BCUT2D eigenvalue weighted by Crippen LogP contribution is 2.23. The second kappa shape index (κ2) is 8.19. The molecule has 1 atom stereocenters. The summed E-state index contributed by atoms with van der Waals surface area (Å²) in [5.41, 5.74) is 5.26. The molecule has 1 aromatic heterocycles. The summed E-state index contributed by atoms with van der Waals surface area (Å²) in [6.07, 6.45) is 1.84. The molecule has 0 aliphatic carbocycles. The smallest absolute Gasteiger partial charge is 0.317 e. The molecule has 2 amide bonds. The van der Waals surface area contributed by atoms with Crippen LogP contribution in [0, 0.1) is 0 Å². The number of imidazole rings is 1. The molecule has 5 nitrogen and oxygen atoms in total. The molecule has 0 unspecified atom stereocenters. The van der Waals surface area contributed by atoms with Crippen LogP contribution in [0.4, 0.5) is 4.79 Å². The van der Waals surface area contributed by atoms with Gasteiger partial charge in [-0.15, -0.1) is 0 Å². The number of carbonyl (C=O) groups is 1.